The molecular formula is C20H16FN3O6. The second kappa shape index (κ2) is 8.95. The number of nitro groups is 1. The van der Waals surface area contributed by atoms with E-state index < -0.39 is 22.3 Å². The summed E-state index contributed by atoms with van der Waals surface area (Å²) in [5, 5.41) is 14.9. The summed E-state index contributed by atoms with van der Waals surface area (Å²) in [4.78, 5) is 35.2. The van der Waals surface area contributed by atoms with Crippen molar-refractivity contribution >= 4 is 11.7 Å². The van der Waals surface area contributed by atoms with Gasteiger partial charge in [0.2, 0.25) is 5.69 Å². The molecule has 1 heterocycles. The van der Waals surface area contributed by atoms with Crippen LogP contribution in [0.15, 0.2) is 59.4 Å². The third kappa shape index (κ3) is 4.66. The lowest BCUT2D eigenvalue weighted by Gasteiger charge is -2.12. The van der Waals surface area contributed by atoms with Crippen LogP contribution < -0.4 is 10.3 Å². The molecule has 0 saturated carbocycles. The minimum absolute atomic E-state index is 0.0699. The molecule has 0 aliphatic rings. The first-order valence-electron chi connectivity index (χ1n) is 8.82. The maximum absolute atomic E-state index is 13.2. The number of hydrogen-bond donors (Lipinski definition) is 0. The van der Waals surface area contributed by atoms with Gasteiger partial charge in [-0.1, -0.05) is 12.1 Å². The van der Waals surface area contributed by atoms with E-state index in [9.17, 15) is 24.1 Å². The molecule has 154 valence electrons. The molecule has 3 rings (SSSR count). The highest BCUT2D eigenvalue weighted by Gasteiger charge is 2.20. The van der Waals surface area contributed by atoms with Crippen LogP contribution in [-0.2, 0) is 11.3 Å². The molecule has 0 fully saturated rings. The van der Waals surface area contributed by atoms with Crippen LogP contribution in [0.1, 0.15) is 23.0 Å². The number of aromatic nitrogens is 2. The number of benzene rings is 2. The molecule has 30 heavy (non-hydrogen) atoms. The number of non-ortho nitro benzene ring substituents is 1. The van der Waals surface area contributed by atoms with E-state index in [-0.39, 0.29) is 36.0 Å². The maximum Gasteiger partial charge on any atom is 0.362 e. The van der Waals surface area contributed by atoms with Gasteiger partial charge in [-0.15, -0.1) is 0 Å². The summed E-state index contributed by atoms with van der Waals surface area (Å²) in [7, 11) is 0. The molecule has 10 heteroatoms. The molecular weight excluding hydrogens is 397 g/mol. The van der Waals surface area contributed by atoms with E-state index in [4.69, 9.17) is 9.47 Å². The summed E-state index contributed by atoms with van der Waals surface area (Å²) >= 11 is 0. The van der Waals surface area contributed by atoms with Crippen LogP contribution >= 0.6 is 0 Å². The average molecular weight is 413 g/mol. The van der Waals surface area contributed by atoms with Crippen LogP contribution in [0.25, 0.3) is 5.69 Å². The SMILES string of the molecule is CCOC(=O)c1nn(-c2ccc(F)cc2)c(=O)cc1OCc1cccc([N+](=O)[O-])c1. The van der Waals surface area contributed by atoms with Crippen molar-refractivity contribution in [2.24, 2.45) is 0 Å². The van der Waals surface area contributed by atoms with Crippen LogP contribution in [0.4, 0.5) is 10.1 Å². The van der Waals surface area contributed by atoms with Gasteiger partial charge in [-0.25, -0.2) is 9.18 Å². The normalized spacial score (nSPS) is 10.5. The monoisotopic (exact) mass is 413 g/mol. The molecule has 0 bridgehead atoms. The molecule has 1 aromatic heterocycles. The van der Waals surface area contributed by atoms with E-state index in [0.29, 0.717) is 5.56 Å². The Hall–Kier alpha value is -4.08. The summed E-state index contributed by atoms with van der Waals surface area (Å²) in [6.45, 7) is 1.54. The lowest BCUT2D eigenvalue weighted by Crippen LogP contribution is -2.25. The molecule has 9 nitrogen and oxygen atoms in total. The predicted octanol–water partition coefficient (Wildman–Crippen LogP) is 3.04. The van der Waals surface area contributed by atoms with E-state index in [1.807, 2.05) is 0 Å². The fourth-order valence-electron chi connectivity index (χ4n) is 2.58. The van der Waals surface area contributed by atoms with Crippen LogP contribution in [0, 0.1) is 15.9 Å². The van der Waals surface area contributed by atoms with Gasteiger partial charge in [0.05, 0.1) is 23.3 Å². The molecule has 0 amide bonds. The van der Waals surface area contributed by atoms with Gasteiger partial charge >= 0.3 is 5.97 Å². The van der Waals surface area contributed by atoms with Crippen molar-refractivity contribution < 1.29 is 23.6 Å². The van der Waals surface area contributed by atoms with Crippen molar-refractivity contribution in [3.63, 3.8) is 0 Å². The Labute approximate surface area is 169 Å². The van der Waals surface area contributed by atoms with Crippen molar-refractivity contribution in [2.75, 3.05) is 6.61 Å². The third-order valence-electron chi connectivity index (χ3n) is 3.95. The van der Waals surface area contributed by atoms with Crippen LogP contribution in [-0.4, -0.2) is 27.3 Å². The molecule has 0 radical (unpaired) electrons. The largest absolute Gasteiger partial charge is 0.486 e. The number of rotatable bonds is 7. The fraction of sp³-hybridized carbons (Fsp3) is 0.150. The quantitative estimate of drug-likeness (QED) is 0.332. The lowest BCUT2D eigenvalue weighted by atomic mass is 10.2. The first-order chi connectivity index (χ1) is 14.4. The van der Waals surface area contributed by atoms with Crippen molar-refractivity contribution in [3.8, 4) is 11.4 Å². The lowest BCUT2D eigenvalue weighted by molar-refractivity contribution is -0.384. The number of nitro benzene ring substituents is 1. The van der Waals surface area contributed by atoms with Crippen molar-refractivity contribution in [3.05, 3.63) is 92.1 Å². The van der Waals surface area contributed by atoms with E-state index in [2.05, 4.69) is 5.10 Å². The first-order valence-corrected chi connectivity index (χ1v) is 8.82. The Bertz CT molecular complexity index is 1140. The summed E-state index contributed by atoms with van der Waals surface area (Å²) in [5.74, 6) is -1.44. The molecule has 0 atom stereocenters. The Morgan fingerprint density at radius 3 is 2.60 bits per heavy atom. The van der Waals surface area contributed by atoms with Crippen molar-refractivity contribution in [1.82, 2.24) is 9.78 Å². The highest BCUT2D eigenvalue weighted by Crippen LogP contribution is 2.20. The number of carbonyl (C=O) groups is 1. The van der Waals surface area contributed by atoms with E-state index in [0.717, 1.165) is 22.9 Å². The molecule has 0 aliphatic heterocycles. The van der Waals surface area contributed by atoms with Gasteiger partial charge in [-0.05, 0) is 36.8 Å². The Balaban J connectivity index is 1.96. The standard InChI is InChI=1S/C20H16FN3O6/c1-2-29-20(26)19-17(30-12-13-4-3-5-16(10-13)24(27)28)11-18(25)23(22-19)15-8-6-14(21)7-9-15/h3-11H,2,12H2,1H3. The van der Waals surface area contributed by atoms with Crippen molar-refractivity contribution in [1.29, 1.82) is 0 Å². The Kier molecular flexibility index (Phi) is 6.16. The molecule has 0 saturated heterocycles. The number of nitrogens with zero attached hydrogens (tertiary/aromatic N) is 3. The van der Waals surface area contributed by atoms with Gasteiger partial charge in [-0.3, -0.25) is 14.9 Å². The maximum atomic E-state index is 13.2. The van der Waals surface area contributed by atoms with E-state index >= 15 is 0 Å². The average Bonchev–Trinajstić information content (AvgIpc) is 2.73. The molecule has 0 spiro atoms. The third-order valence-corrected chi connectivity index (χ3v) is 3.95. The van der Waals surface area contributed by atoms with E-state index in [1.165, 1.54) is 30.3 Å². The predicted molar refractivity (Wildman–Crippen MR) is 103 cm³/mol. The zero-order valence-corrected chi connectivity index (χ0v) is 15.8. The van der Waals surface area contributed by atoms with Gasteiger partial charge in [0.1, 0.15) is 12.4 Å². The second-order valence-corrected chi connectivity index (χ2v) is 6.02. The van der Waals surface area contributed by atoms with Crippen LogP contribution in [0.2, 0.25) is 0 Å². The van der Waals surface area contributed by atoms with Gasteiger partial charge < -0.3 is 9.47 Å². The van der Waals surface area contributed by atoms with Crippen molar-refractivity contribution in [2.45, 2.75) is 13.5 Å². The summed E-state index contributed by atoms with van der Waals surface area (Å²) in [6, 6.07) is 11.8. The Morgan fingerprint density at radius 2 is 1.93 bits per heavy atom. The number of halogens is 1. The topological polar surface area (TPSA) is 114 Å². The summed E-state index contributed by atoms with van der Waals surface area (Å²) in [5.41, 5.74) is -0.291. The van der Waals surface area contributed by atoms with Gasteiger partial charge in [0, 0.05) is 12.1 Å². The summed E-state index contributed by atoms with van der Waals surface area (Å²) < 4.78 is 24.6. The van der Waals surface area contributed by atoms with Gasteiger partial charge in [0.15, 0.2) is 5.75 Å². The zero-order chi connectivity index (χ0) is 21.7. The van der Waals surface area contributed by atoms with Gasteiger partial charge in [-0.2, -0.15) is 9.78 Å². The number of hydrogen-bond acceptors (Lipinski definition) is 7. The zero-order valence-electron chi connectivity index (χ0n) is 15.8. The van der Waals surface area contributed by atoms with Crippen LogP contribution in [0.5, 0.6) is 5.75 Å². The fourth-order valence-corrected chi connectivity index (χ4v) is 2.58. The smallest absolute Gasteiger partial charge is 0.362 e. The molecule has 0 N–H and O–H groups in total. The highest BCUT2D eigenvalue weighted by molar-refractivity contribution is 5.90. The molecule has 0 unspecified atom stereocenters. The second-order valence-electron chi connectivity index (χ2n) is 6.02. The number of carbonyl (C=O) groups excluding carboxylic acids is 1. The first kappa shape index (κ1) is 20.6. The minimum atomic E-state index is -0.817. The Morgan fingerprint density at radius 1 is 1.20 bits per heavy atom. The van der Waals surface area contributed by atoms with E-state index in [1.54, 1.807) is 13.0 Å². The molecule has 0 aliphatic carbocycles. The molecule has 3 aromatic rings. The van der Waals surface area contributed by atoms with Gasteiger partial charge in [0.25, 0.3) is 11.2 Å². The number of esters is 1. The number of ether oxygens (including phenoxy) is 2. The highest BCUT2D eigenvalue weighted by atomic mass is 19.1. The molecule has 2 aromatic carbocycles. The minimum Gasteiger partial charge on any atom is -0.486 e. The van der Waals surface area contributed by atoms with Crippen LogP contribution in [0.3, 0.4) is 0 Å². The summed E-state index contributed by atoms with van der Waals surface area (Å²) in [6.07, 6.45) is 0.